The summed E-state index contributed by atoms with van der Waals surface area (Å²) in [6, 6.07) is 16.9. The van der Waals surface area contributed by atoms with Crippen LogP contribution in [-0.2, 0) is 4.79 Å². The third-order valence-electron chi connectivity index (χ3n) is 7.53. The van der Waals surface area contributed by atoms with Crippen molar-refractivity contribution in [2.24, 2.45) is 17.8 Å². The quantitative estimate of drug-likeness (QED) is 0.462. The summed E-state index contributed by atoms with van der Waals surface area (Å²) in [5.41, 5.74) is 1.32. The lowest BCUT2D eigenvalue weighted by molar-refractivity contribution is -0.124. The number of rotatable bonds is 5. The zero-order valence-corrected chi connectivity index (χ0v) is 18.8. The first-order valence-electron chi connectivity index (χ1n) is 11.6. The standard InChI is InChI=1S/C26H27N3O2S/c30-23(28-26-13-17-10-18(14-26)12-19(11-17)15-26)16-32-25-27-22-9-5-4-8-21(22)24(31)29(25)20-6-2-1-3-7-20/h1-9,17-19H,10-16H2,(H,28,30). The molecule has 0 unspecified atom stereocenters. The van der Waals surface area contributed by atoms with Crippen LogP contribution in [0.4, 0.5) is 0 Å². The summed E-state index contributed by atoms with van der Waals surface area (Å²) < 4.78 is 1.63. The lowest BCUT2D eigenvalue weighted by atomic mass is 9.53. The van der Waals surface area contributed by atoms with Crippen molar-refractivity contribution >= 4 is 28.6 Å². The summed E-state index contributed by atoms with van der Waals surface area (Å²) in [6.07, 6.45) is 7.48. The van der Waals surface area contributed by atoms with E-state index in [1.165, 1.54) is 31.0 Å². The number of thioether (sulfide) groups is 1. The molecule has 4 aliphatic rings. The van der Waals surface area contributed by atoms with Crippen molar-refractivity contribution in [1.29, 1.82) is 0 Å². The van der Waals surface area contributed by atoms with Gasteiger partial charge in [0.25, 0.3) is 5.56 Å². The van der Waals surface area contributed by atoms with E-state index >= 15 is 0 Å². The van der Waals surface area contributed by atoms with Gasteiger partial charge in [-0.05, 0) is 80.5 Å². The number of benzene rings is 2. The van der Waals surface area contributed by atoms with Crippen LogP contribution in [0.15, 0.2) is 64.5 Å². The Morgan fingerprint density at radius 2 is 1.59 bits per heavy atom. The Balaban J connectivity index is 1.26. The Morgan fingerprint density at radius 3 is 2.28 bits per heavy atom. The first kappa shape index (κ1) is 20.0. The predicted octanol–water partition coefficient (Wildman–Crippen LogP) is 4.56. The maximum Gasteiger partial charge on any atom is 0.266 e. The van der Waals surface area contributed by atoms with E-state index in [1.54, 1.807) is 10.6 Å². The number of carbonyl (C=O) groups excluding carboxylic acids is 1. The summed E-state index contributed by atoms with van der Waals surface area (Å²) in [5.74, 6) is 2.69. The lowest BCUT2D eigenvalue weighted by Crippen LogP contribution is -2.60. The van der Waals surface area contributed by atoms with Crippen LogP contribution in [0.5, 0.6) is 0 Å². The summed E-state index contributed by atoms with van der Waals surface area (Å²) in [7, 11) is 0. The van der Waals surface area contributed by atoms with Crippen LogP contribution in [0.2, 0.25) is 0 Å². The molecule has 0 spiro atoms. The van der Waals surface area contributed by atoms with Gasteiger partial charge in [-0.1, -0.05) is 42.1 Å². The van der Waals surface area contributed by atoms with Gasteiger partial charge < -0.3 is 5.32 Å². The van der Waals surface area contributed by atoms with Crippen molar-refractivity contribution < 1.29 is 4.79 Å². The van der Waals surface area contributed by atoms with Gasteiger partial charge in [-0.2, -0.15) is 0 Å². The molecular formula is C26H27N3O2S. The fourth-order valence-electron chi connectivity index (χ4n) is 6.74. The number of nitrogens with zero attached hydrogens (tertiary/aromatic N) is 2. The van der Waals surface area contributed by atoms with Gasteiger partial charge in [0.2, 0.25) is 5.91 Å². The van der Waals surface area contributed by atoms with E-state index in [4.69, 9.17) is 4.98 Å². The fourth-order valence-corrected chi connectivity index (χ4v) is 7.55. The first-order valence-corrected chi connectivity index (χ1v) is 12.6. The fraction of sp³-hybridized carbons (Fsp3) is 0.423. The molecule has 5 nitrogen and oxygen atoms in total. The summed E-state index contributed by atoms with van der Waals surface area (Å²) in [5, 5.41) is 4.57. The third kappa shape index (κ3) is 3.54. The number of hydrogen-bond donors (Lipinski definition) is 1. The highest BCUT2D eigenvalue weighted by atomic mass is 32.2. The van der Waals surface area contributed by atoms with Gasteiger partial charge in [0.15, 0.2) is 5.16 Å². The third-order valence-corrected chi connectivity index (χ3v) is 8.47. The molecule has 4 fully saturated rings. The Hall–Kier alpha value is -2.60. The molecule has 7 rings (SSSR count). The largest absolute Gasteiger partial charge is 0.350 e. The molecule has 1 aromatic heterocycles. The van der Waals surface area contributed by atoms with Crippen molar-refractivity contribution in [2.45, 2.75) is 49.2 Å². The second-order valence-electron chi connectivity index (χ2n) is 9.92. The summed E-state index contributed by atoms with van der Waals surface area (Å²) in [4.78, 5) is 31.1. The van der Waals surface area contributed by atoms with Crippen LogP contribution in [0.1, 0.15) is 38.5 Å². The predicted molar refractivity (Wildman–Crippen MR) is 127 cm³/mol. The molecule has 4 bridgehead atoms. The number of amides is 1. The minimum absolute atomic E-state index is 0.00229. The van der Waals surface area contributed by atoms with Crippen molar-refractivity contribution in [3.05, 3.63) is 65.0 Å². The topological polar surface area (TPSA) is 64.0 Å². The van der Waals surface area contributed by atoms with Gasteiger partial charge in [-0.15, -0.1) is 0 Å². The van der Waals surface area contributed by atoms with Crippen LogP contribution < -0.4 is 10.9 Å². The Bertz CT molecular complexity index is 1200. The molecule has 1 N–H and O–H groups in total. The molecule has 2 aromatic carbocycles. The molecule has 4 aliphatic carbocycles. The van der Waals surface area contributed by atoms with E-state index < -0.39 is 0 Å². The normalized spacial score (nSPS) is 28.2. The maximum absolute atomic E-state index is 13.3. The Kier molecular flexibility index (Phi) is 4.86. The SMILES string of the molecule is O=C(CSc1nc2ccccc2c(=O)n1-c1ccccc1)NC12CC3CC(CC(C3)C1)C2. The average Bonchev–Trinajstić information content (AvgIpc) is 2.77. The number of nitrogens with one attached hydrogen (secondary N) is 1. The molecule has 0 saturated heterocycles. The minimum Gasteiger partial charge on any atom is -0.350 e. The van der Waals surface area contributed by atoms with Crippen LogP contribution in [0.3, 0.4) is 0 Å². The van der Waals surface area contributed by atoms with E-state index in [2.05, 4.69) is 5.32 Å². The number of carbonyl (C=O) groups is 1. The number of hydrogen-bond acceptors (Lipinski definition) is 4. The van der Waals surface area contributed by atoms with Crippen LogP contribution >= 0.6 is 11.8 Å². The van der Waals surface area contributed by atoms with Crippen LogP contribution in [0.25, 0.3) is 16.6 Å². The second-order valence-corrected chi connectivity index (χ2v) is 10.9. The number of fused-ring (bicyclic) bond motifs is 1. The van der Waals surface area contributed by atoms with E-state index in [0.717, 1.165) is 42.7 Å². The van der Waals surface area contributed by atoms with Gasteiger partial charge >= 0.3 is 0 Å². The molecule has 1 heterocycles. The second kappa shape index (κ2) is 7.77. The molecular weight excluding hydrogens is 418 g/mol. The molecule has 0 atom stereocenters. The monoisotopic (exact) mass is 445 g/mol. The van der Waals surface area contributed by atoms with E-state index in [1.807, 2.05) is 48.5 Å². The van der Waals surface area contributed by atoms with E-state index in [-0.39, 0.29) is 22.8 Å². The average molecular weight is 446 g/mol. The lowest BCUT2D eigenvalue weighted by Gasteiger charge is -2.56. The van der Waals surface area contributed by atoms with Crippen molar-refractivity contribution in [2.75, 3.05) is 5.75 Å². The Labute approximate surface area is 191 Å². The van der Waals surface area contributed by atoms with E-state index in [0.29, 0.717) is 16.1 Å². The van der Waals surface area contributed by atoms with Gasteiger partial charge in [0.1, 0.15) is 0 Å². The number of aromatic nitrogens is 2. The summed E-state index contributed by atoms with van der Waals surface area (Å²) in [6.45, 7) is 0. The molecule has 4 saturated carbocycles. The molecule has 3 aromatic rings. The van der Waals surface area contributed by atoms with E-state index in [9.17, 15) is 9.59 Å². The van der Waals surface area contributed by atoms with Crippen LogP contribution in [-0.4, -0.2) is 26.8 Å². The first-order chi connectivity index (χ1) is 15.6. The highest BCUT2D eigenvalue weighted by molar-refractivity contribution is 7.99. The van der Waals surface area contributed by atoms with Crippen LogP contribution in [0, 0.1) is 17.8 Å². The molecule has 0 radical (unpaired) electrons. The molecule has 1 amide bonds. The number of para-hydroxylation sites is 2. The Morgan fingerprint density at radius 1 is 0.969 bits per heavy atom. The molecule has 164 valence electrons. The summed E-state index contributed by atoms with van der Waals surface area (Å²) >= 11 is 1.35. The van der Waals surface area contributed by atoms with Crippen molar-refractivity contribution in [3.8, 4) is 5.69 Å². The molecule has 0 aliphatic heterocycles. The van der Waals surface area contributed by atoms with Gasteiger partial charge in [-0.3, -0.25) is 14.2 Å². The molecule has 6 heteroatoms. The van der Waals surface area contributed by atoms with Gasteiger partial charge in [-0.25, -0.2) is 4.98 Å². The molecule has 32 heavy (non-hydrogen) atoms. The highest BCUT2D eigenvalue weighted by Gasteiger charge is 2.51. The van der Waals surface area contributed by atoms with Crippen molar-refractivity contribution in [3.63, 3.8) is 0 Å². The van der Waals surface area contributed by atoms with Crippen molar-refractivity contribution in [1.82, 2.24) is 14.9 Å². The van der Waals surface area contributed by atoms with Gasteiger partial charge in [0.05, 0.1) is 22.3 Å². The smallest absolute Gasteiger partial charge is 0.266 e. The zero-order valence-electron chi connectivity index (χ0n) is 18.0. The zero-order chi connectivity index (χ0) is 21.7. The minimum atomic E-state index is -0.106. The highest BCUT2D eigenvalue weighted by Crippen LogP contribution is 2.55. The van der Waals surface area contributed by atoms with Gasteiger partial charge in [0, 0.05) is 5.54 Å². The maximum atomic E-state index is 13.3.